The topological polar surface area (TPSA) is 61.3 Å². The first-order valence-electron chi connectivity index (χ1n) is 5.86. The first-order valence-corrected chi connectivity index (χ1v) is 5.86. The average molecular weight is 234 g/mol. The van der Waals surface area contributed by atoms with Gasteiger partial charge in [0.15, 0.2) is 5.58 Å². The molecule has 0 aliphatic carbocycles. The van der Waals surface area contributed by atoms with E-state index < -0.39 is 0 Å². The third kappa shape index (κ3) is 2.26. The maximum absolute atomic E-state index is 6.00. The van der Waals surface area contributed by atoms with E-state index >= 15 is 0 Å². The van der Waals surface area contributed by atoms with Crippen molar-refractivity contribution in [3.05, 3.63) is 23.6 Å². The largest absolute Gasteiger partial charge is 0.497 e. The highest BCUT2D eigenvalue weighted by atomic mass is 16.5. The van der Waals surface area contributed by atoms with Crippen LogP contribution in [0.25, 0.3) is 11.1 Å². The van der Waals surface area contributed by atoms with E-state index in [0.29, 0.717) is 5.89 Å². The molecule has 2 rings (SSSR count). The highest BCUT2D eigenvalue weighted by molar-refractivity contribution is 5.78. The summed E-state index contributed by atoms with van der Waals surface area (Å²) < 4.78 is 10.9. The Morgan fingerprint density at radius 3 is 2.88 bits per heavy atom. The van der Waals surface area contributed by atoms with Gasteiger partial charge in [0.05, 0.1) is 13.2 Å². The number of aryl methyl sites for hydroxylation is 1. The van der Waals surface area contributed by atoms with E-state index in [2.05, 4.69) is 11.9 Å². The molecule has 0 spiro atoms. The molecule has 0 bridgehead atoms. The van der Waals surface area contributed by atoms with Crippen molar-refractivity contribution in [2.45, 2.75) is 32.7 Å². The van der Waals surface area contributed by atoms with E-state index in [0.717, 1.165) is 35.3 Å². The van der Waals surface area contributed by atoms with Crippen molar-refractivity contribution < 1.29 is 9.15 Å². The molecular weight excluding hydrogens is 216 g/mol. The van der Waals surface area contributed by atoms with Gasteiger partial charge in [0.25, 0.3) is 0 Å². The lowest BCUT2D eigenvalue weighted by molar-refractivity contribution is 0.415. The lowest BCUT2D eigenvalue weighted by Crippen LogP contribution is -2.09. The number of rotatable bonds is 4. The van der Waals surface area contributed by atoms with E-state index in [1.54, 1.807) is 7.11 Å². The minimum absolute atomic E-state index is 0.127. The first-order chi connectivity index (χ1) is 8.15. The normalized spacial score (nSPS) is 12.9. The quantitative estimate of drug-likeness (QED) is 0.883. The van der Waals surface area contributed by atoms with Crippen LogP contribution in [0.3, 0.4) is 0 Å². The zero-order chi connectivity index (χ0) is 12.4. The van der Waals surface area contributed by atoms with Crippen LogP contribution in [0, 0.1) is 6.92 Å². The standard InChI is InChI=1S/C13H18N2O2/c1-4-5-10(14)13-15-11-7-9(16-3)6-8(2)12(11)17-13/h6-7,10H,4-5,14H2,1-3H3. The fraction of sp³-hybridized carbons (Fsp3) is 0.462. The Bertz CT molecular complexity index is 519. The zero-order valence-corrected chi connectivity index (χ0v) is 10.5. The van der Waals surface area contributed by atoms with Gasteiger partial charge in [-0.1, -0.05) is 13.3 Å². The lowest BCUT2D eigenvalue weighted by atomic mass is 10.2. The van der Waals surface area contributed by atoms with Crippen molar-refractivity contribution in [2.24, 2.45) is 5.73 Å². The molecule has 92 valence electrons. The molecule has 0 aliphatic rings. The van der Waals surface area contributed by atoms with Crippen LogP contribution in [-0.4, -0.2) is 12.1 Å². The summed E-state index contributed by atoms with van der Waals surface area (Å²) in [7, 11) is 1.64. The Hall–Kier alpha value is -1.55. The molecule has 0 saturated carbocycles. The van der Waals surface area contributed by atoms with Crippen LogP contribution in [-0.2, 0) is 0 Å². The minimum Gasteiger partial charge on any atom is -0.497 e. The number of hydrogen-bond donors (Lipinski definition) is 1. The number of nitrogens with two attached hydrogens (primary N) is 1. The van der Waals surface area contributed by atoms with Crippen molar-refractivity contribution in [1.82, 2.24) is 4.98 Å². The van der Waals surface area contributed by atoms with Crippen LogP contribution >= 0.6 is 0 Å². The number of oxazole rings is 1. The molecule has 0 amide bonds. The summed E-state index contributed by atoms with van der Waals surface area (Å²) in [4.78, 5) is 4.43. The fourth-order valence-corrected chi connectivity index (χ4v) is 1.90. The number of fused-ring (bicyclic) bond motifs is 1. The molecule has 1 aromatic heterocycles. The monoisotopic (exact) mass is 234 g/mol. The van der Waals surface area contributed by atoms with E-state index in [4.69, 9.17) is 14.9 Å². The van der Waals surface area contributed by atoms with Gasteiger partial charge >= 0.3 is 0 Å². The summed E-state index contributed by atoms with van der Waals surface area (Å²) in [5.41, 5.74) is 8.63. The second-order valence-corrected chi connectivity index (χ2v) is 4.24. The van der Waals surface area contributed by atoms with Crippen molar-refractivity contribution in [2.75, 3.05) is 7.11 Å². The molecular formula is C13H18N2O2. The van der Waals surface area contributed by atoms with Gasteiger partial charge in [-0.05, 0) is 25.0 Å². The summed E-state index contributed by atoms with van der Waals surface area (Å²) in [6.07, 6.45) is 1.89. The third-order valence-electron chi connectivity index (χ3n) is 2.82. The van der Waals surface area contributed by atoms with Crippen LogP contribution in [0.2, 0.25) is 0 Å². The number of benzene rings is 1. The van der Waals surface area contributed by atoms with E-state index in [-0.39, 0.29) is 6.04 Å². The van der Waals surface area contributed by atoms with E-state index in [1.807, 2.05) is 19.1 Å². The molecule has 17 heavy (non-hydrogen) atoms. The highest BCUT2D eigenvalue weighted by Crippen LogP contribution is 2.27. The number of methoxy groups -OCH3 is 1. The van der Waals surface area contributed by atoms with E-state index in [9.17, 15) is 0 Å². The maximum Gasteiger partial charge on any atom is 0.212 e. The SMILES string of the molecule is CCCC(N)c1nc2cc(OC)cc(C)c2o1. The van der Waals surface area contributed by atoms with Crippen LogP contribution in [0.1, 0.15) is 37.3 Å². The van der Waals surface area contributed by atoms with Crippen LogP contribution < -0.4 is 10.5 Å². The summed E-state index contributed by atoms with van der Waals surface area (Å²) >= 11 is 0. The van der Waals surface area contributed by atoms with Gasteiger partial charge in [-0.15, -0.1) is 0 Å². The minimum atomic E-state index is -0.127. The summed E-state index contributed by atoms with van der Waals surface area (Å²) in [6.45, 7) is 4.07. The summed E-state index contributed by atoms with van der Waals surface area (Å²) in [5.74, 6) is 1.40. The summed E-state index contributed by atoms with van der Waals surface area (Å²) in [5, 5.41) is 0. The van der Waals surface area contributed by atoms with Gasteiger partial charge in [-0.2, -0.15) is 0 Å². The number of aromatic nitrogens is 1. The Balaban J connectivity index is 2.46. The van der Waals surface area contributed by atoms with Crippen molar-refractivity contribution >= 4 is 11.1 Å². The molecule has 0 radical (unpaired) electrons. The second-order valence-electron chi connectivity index (χ2n) is 4.24. The molecule has 1 heterocycles. The Labute approximate surface area is 101 Å². The van der Waals surface area contributed by atoms with E-state index in [1.165, 1.54) is 0 Å². The number of ether oxygens (including phenoxy) is 1. The van der Waals surface area contributed by atoms with Gasteiger partial charge < -0.3 is 14.9 Å². The number of nitrogens with zero attached hydrogens (tertiary/aromatic N) is 1. The molecule has 1 atom stereocenters. The Kier molecular flexibility index (Phi) is 3.33. The number of hydrogen-bond acceptors (Lipinski definition) is 4. The van der Waals surface area contributed by atoms with Crippen molar-refractivity contribution in [3.8, 4) is 5.75 Å². The second kappa shape index (κ2) is 4.75. The molecule has 0 fully saturated rings. The molecule has 0 aliphatic heterocycles. The van der Waals surface area contributed by atoms with Crippen LogP contribution in [0.5, 0.6) is 5.75 Å². The fourth-order valence-electron chi connectivity index (χ4n) is 1.90. The molecule has 4 heteroatoms. The Morgan fingerprint density at radius 2 is 2.24 bits per heavy atom. The zero-order valence-electron chi connectivity index (χ0n) is 10.5. The predicted octanol–water partition coefficient (Wildman–Crippen LogP) is 2.94. The molecule has 2 aromatic rings. The molecule has 0 saturated heterocycles. The predicted molar refractivity (Wildman–Crippen MR) is 67.1 cm³/mol. The third-order valence-corrected chi connectivity index (χ3v) is 2.82. The van der Waals surface area contributed by atoms with Gasteiger partial charge in [0, 0.05) is 6.07 Å². The summed E-state index contributed by atoms with van der Waals surface area (Å²) in [6, 6.07) is 3.68. The van der Waals surface area contributed by atoms with Gasteiger partial charge in [-0.25, -0.2) is 4.98 Å². The highest BCUT2D eigenvalue weighted by Gasteiger charge is 2.15. The molecule has 2 N–H and O–H groups in total. The molecule has 1 unspecified atom stereocenters. The smallest absolute Gasteiger partial charge is 0.212 e. The van der Waals surface area contributed by atoms with Crippen LogP contribution in [0.4, 0.5) is 0 Å². The lowest BCUT2D eigenvalue weighted by Gasteiger charge is -2.03. The average Bonchev–Trinajstić information content (AvgIpc) is 2.73. The van der Waals surface area contributed by atoms with Gasteiger partial charge in [-0.3, -0.25) is 0 Å². The van der Waals surface area contributed by atoms with Gasteiger partial charge in [0.1, 0.15) is 11.3 Å². The maximum atomic E-state index is 6.00. The molecule has 1 aromatic carbocycles. The van der Waals surface area contributed by atoms with Crippen LogP contribution in [0.15, 0.2) is 16.5 Å². The van der Waals surface area contributed by atoms with Crippen molar-refractivity contribution in [1.29, 1.82) is 0 Å². The first kappa shape index (κ1) is 11.9. The van der Waals surface area contributed by atoms with Gasteiger partial charge in [0.2, 0.25) is 5.89 Å². The Morgan fingerprint density at radius 1 is 1.47 bits per heavy atom. The van der Waals surface area contributed by atoms with Crippen molar-refractivity contribution in [3.63, 3.8) is 0 Å². The molecule has 4 nitrogen and oxygen atoms in total.